The van der Waals surface area contributed by atoms with Crippen molar-refractivity contribution in [1.82, 2.24) is 10.1 Å². The molecule has 1 aliphatic rings. The molecule has 1 heterocycles. The molecule has 0 atom stereocenters. The van der Waals surface area contributed by atoms with Crippen LogP contribution in [0.2, 0.25) is 0 Å². The van der Waals surface area contributed by atoms with Gasteiger partial charge in [0, 0.05) is 11.3 Å². The van der Waals surface area contributed by atoms with E-state index in [0.29, 0.717) is 28.5 Å². The molecule has 3 aromatic rings. The number of nitrogens with two attached hydrogens (primary N) is 1. The van der Waals surface area contributed by atoms with Crippen molar-refractivity contribution < 1.29 is 12.9 Å². The van der Waals surface area contributed by atoms with Gasteiger partial charge in [0.25, 0.3) is 15.9 Å². The maximum absolute atomic E-state index is 12.7. The van der Waals surface area contributed by atoms with E-state index in [2.05, 4.69) is 14.9 Å². The van der Waals surface area contributed by atoms with Crippen molar-refractivity contribution in [3.8, 4) is 11.5 Å². The van der Waals surface area contributed by atoms with Crippen molar-refractivity contribution >= 4 is 28.1 Å². The minimum atomic E-state index is -3.67. The number of benzene rings is 2. The predicted molar refractivity (Wildman–Crippen MR) is 113 cm³/mol. The Balaban J connectivity index is 0.00000240. The summed E-state index contributed by atoms with van der Waals surface area (Å²) in [6.45, 7) is 3.64. The normalized spacial score (nSPS) is 15.3. The lowest BCUT2D eigenvalue weighted by atomic mass is 9.77. The Kier molecular flexibility index (Phi) is 5.71. The molecule has 2 aromatic carbocycles. The van der Waals surface area contributed by atoms with Crippen molar-refractivity contribution in [3.63, 3.8) is 0 Å². The molecule has 1 fully saturated rings. The van der Waals surface area contributed by atoms with Crippen LogP contribution >= 0.6 is 12.4 Å². The number of halogens is 1. The van der Waals surface area contributed by atoms with Gasteiger partial charge < -0.3 is 10.3 Å². The van der Waals surface area contributed by atoms with Gasteiger partial charge in [-0.1, -0.05) is 17.3 Å². The van der Waals surface area contributed by atoms with Gasteiger partial charge in [-0.25, -0.2) is 8.42 Å². The lowest BCUT2D eigenvalue weighted by Gasteiger charge is -2.34. The molecule has 0 spiro atoms. The summed E-state index contributed by atoms with van der Waals surface area (Å²) in [5.41, 5.74) is 8.49. The number of aryl methyl sites for hydroxylation is 2. The van der Waals surface area contributed by atoms with Crippen LogP contribution in [0.3, 0.4) is 0 Å². The first-order valence-electron chi connectivity index (χ1n) is 9.10. The number of hydrogen-bond donors (Lipinski definition) is 2. The average molecular weight is 435 g/mol. The zero-order valence-corrected chi connectivity index (χ0v) is 17.8. The van der Waals surface area contributed by atoms with Gasteiger partial charge in [0.1, 0.15) is 0 Å². The van der Waals surface area contributed by atoms with Crippen LogP contribution in [0.5, 0.6) is 0 Å². The van der Waals surface area contributed by atoms with Gasteiger partial charge in [-0.2, -0.15) is 4.98 Å². The van der Waals surface area contributed by atoms with E-state index in [0.717, 1.165) is 24.8 Å². The zero-order valence-electron chi connectivity index (χ0n) is 16.2. The first kappa shape index (κ1) is 21.3. The first-order chi connectivity index (χ1) is 13.3. The molecule has 0 unspecified atom stereocenters. The second-order valence-electron chi connectivity index (χ2n) is 7.38. The Morgan fingerprint density at radius 1 is 1.10 bits per heavy atom. The summed E-state index contributed by atoms with van der Waals surface area (Å²) in [5.74, 6) is 0.893. The summed E-state index contributed by atoms with van der Waals surface area (Å²) >= 11 is 0. The molecule has 0 radical (unpaired) electrons. The van der Waals surface area contributed by atoms with E-state index >= 15 is 0 Å². The Morgan fingerprint density at radius 2 is 1.79 bits per heavy atom. The molecule has 0 saturated heterocycles. The molecule has 29 heavy (non-hydrogen) atoms. The minimum absolute atomic E-state index is 0. The molecule has 3 N–H and O–H groups in total. The molecular formula is C20H23ClN4O3S. The largest absolute Gasteiger partial charge is 0.334 e. The van der Waals surface area contributed by atoms with E-state index < -0.39 is 15.6 Å². The highest BCUT2D eigenvalue weighted by atomic mass is 35.5. The van der Waals surface area contributed by atoms with E-state index in [1.165, 1.54) is 0 Å². The summed E-state index contributed by atoms with van der Waals surface area (Å²) in [6.07, 6.45) is 2.77. The summed E-state index contributed by atoms with van der Waals surface area (Å²) < 4.78 is 33.4. The Morgan fingerprint density at radius 3 is 2.41 bits per heavy atom. The van der Waals surface area contributed by atoms with Crippen molar-refractivity contribution in [2.75, 3.05) is 4.72 Å². The van der Waals surface area contributed by atoms with E-state index in [1.54, 1.807) is 43.3 Å². The smallest absolute Gasteiger partial charge is 0.262 e. The number of sulfonamides is 1. The van der Waals surface area contributed by atoms with Crippen LogP contribution in [0.25, 0.3) is 11.5 Å². The number of nitrogens with zero attached hydrogens (tertiary/aromatic N) is 2. The van der Waals surface area contributed by atoms with Crippen LogP contribution in [0.15, 0.2) is 51.9 Å². The van der Waals surface area contributed by atoms with Crippen LogP contribution in [0, 0.1) is 13.8 Å². The molecule has 9 heteroatoms. The molecule has 4 rings (SSSR count). The van der Waals surface area contributed by atoms with Crippen molar-refractivity contribution in [3.05, 3.63) is 59.4 Å². The zero-order chi connectivity index (χ0) is 19.9. The number of hydrogen-bond acceptors (Lipinski definition) is 6. The Bertz CT molecular complexity index is 1120. The van der Waals surface area contributed by atoms with Gasteiger partial charge >= 0.3 is 0 Å². The highest BCUT2D eigenvalue weighted by molar-refractivity contribution is 7.92. The number of aromatic nitrogens is 2. The first-order valence-corrected chi connectivity index (χ1v) is 10.6. The predicted octanol–water partition coefficient (Wildman–Crippen LogP) is 3.91. The second-order valence-corrected chi connectivity index (χ2v) is 9.04. The highest BCUT2D eigenvalue weighted by Gasteiger charge is 2.39. The quantitative estimate of drug-likeness (QED) is 0.629. The average Bonchev–Trinajstić information content (AvgIpc) is 3.12. The number of nitrogens with one attached hydrogen (secondary N) is 1. The fraction of sp³-hybridized carbons (Fsp3) is 0.300. The standard InChI is InChI=1S/C20H22N4O3S.ClH/c1-13-4-5-14(2)17(12-13)28(25,26)24-16-8-6-15(7-9-16)18-22-19(23-27-18)20(21)10-3-11-20;/h4-9,12,24H,3,10-11,21H2,1-2H3;1H. The van der Waals surface area contributed by atoms with Crippen LogP contribution in [0.4, 0.5) is 5.69 Å². The molecule has 0 aliphatic heterocycles. The van der Waals surface area contributed by atoms with Gasteiger partial charge in [-0.05, 0) is 74.6 Å². The van der Waals surface area contributed by atoms with Crippen LogP contribution in [-0.4, -0.2) is 18.6 Å². The third kappa shape index (κ3) is 4.14. The maximum Gasteiger partial charge on any atom is 0.262 e. The topological polar surface area (TPSA) is 111 Å². The molecule has 1 saturated carbocycles. The number of anilines is 1. The van der Waals surface area contributed by atoms with Gasteiger partial charge in [-0.3, -0.25) is 4.72 Å². The summed E-state index contributed by atoms with van der Waals surface area (Å²) in [5, 5.41) is 4.00. The van der Waals surface area contributed by atoms with Crippen LogP contribution < -0.4 is 10.5 Å². The summed E-state index contributed by atoms with van der Waals surface area (Å²) in [4.78, 5) is 4.68. The molecule has 0 bridgehead atoms. The fourth-order valence-corrected chi connectivity index (χ4v) is 4.60. The monoisotopic (exact) mass is 434 g/mol. The van der Waals surface area contributed by atoms with Gasteiger partial charge in [-0.15, -0.1) is 12.4 Å². The molecule has 1 aliphatic carbocycles. The third-order valence-corrected chi connectivity index (χ3v) is 6.66. The third-order valence-electron chi connectivity index (χ3n) is 5.13. The molecular weight excluding hydrogens is 412 g/mol. The highest BCUT2D eigenvalue weighted by Crippen LogP contribution is 2.37. The van der Waals surface area contributed by atoms with Gasteiger partial charge in [0.05, 0.1) is 10.4 Å². The van der Waals surface area contributed by atoms with E-state index in [1.807, 2.05) is 13.0 Å². The second kappa shape index (κ2) is 7.78. The van der Waals surface area contributed by atoms with Crippen LogP contribution in [-0.2, 0) is 15.6 Å². The van der Waals surface area contributed by atoms with E-state index in [-0.39, 0.29) is 17.3 Å². The molecule has 1 aromatic heterocycles. The number of rotatable bonds is 5. The summed E-state index contributed by atoms with van der Waals surface area (Å²) in [6, 6.07) is 12.2. The van der Waals surface area contributed by atoms with E-state index in [4.69, 9.17) is 10.3 Å². The van der Waals surface area contributed by atoms with E-state index in [9.17, 15) is 8.42 Å². The van der Waals surface area contributed by atoms with Gasteiger partial charge in [0.2, 0.25) is 0 Å². The maximum atomic E-state index is 12.7. The van der Waals surface area contributed by atoms with Crippen molar-refractivity contribution in [1.29, 1.82) is 0 Å². The Hall–Kier alpha value is -2.42. The lowest BCUT2D eigenvalue weighted by molar-refractivity contribution is 0.229. The molecule has 0 amide bonds. The molecule has 7 nitrogen and oxygen atoms in total. The molecule has 154 valence electrons. The minimum Gasteiger partial charge on any atom is -0.334 e. The van der Waals surface area contributed by atoms with Crippen molar-refractivity contribution in [2.45, 2.75) is 43.5 Å². The Labute approximate surface area is 176 Å². The lowest BCUT2D eigenvalue weighted by Crippen LogP contribution is -2.44. The fourth-order valence-electron chi connectivity index (χ4n) is 3.21. The van der Waals surface area contributed by atoms with Crippen molar-refractivity contribution in [2.24, 2.45) is 5.73 Å². The SMILES string of the molecule is Cc1ccc(C)c(S(=O)(=O)Nc2ccc(-c3nc(C4(N)CCC4)no3)cc2)c1.Cl. The van der Waals surface area contributed by atoms with Crippen LogP contribution in [0.1, 0.15) is 36.2 Å². The summed E-state index contributed by atoms with van der Waals surface area (Å²) in [7, 11) is -3.67. The van der Waals surface area contributed by atoms with Gasteiger partial charge in [0.15, 0.2) is 5.82 Å².